The molecule has 0 unspecified atom stereocenters. The van der Waals surface area contributed by atoms with E-state index < -0.39 is 0 Å². The first-order valence-electron chi connectivity index (χ1n) is 12.0. The van der Waals surface area contributed by atoms with Crippen LogP contribution in [0.3, 0.4) is 0 Å². The fourth-order valence-corrected chi connectivity index (χ4v) is 4.72. The van der Waals surface area contributed by atoms with Gasteiger partial charge in [-0.1, -0.05) is 31.4 Å². The Hall–Kier alpha value is -2.93. The Kier molecular flexibility index (Phi) is 7.60. The van der Waals surface area contributed by atoms with Crippen LogP contribution in [0.15, 0.2) is 42.6 Å². The number of pyridine rings is 1. The van der Waals surface area contributed by atoms with Crippen LogP contribution in [-0.2, 0) is 11.3 Å². The largest absolute Gasteiger partial charge is 0.353 e. The standard InChI is InChI=1S/C26H35N5O2/c1-29(2)19-20-11-12-24(27-18-20)30-13-15-31(16-14-30)26(33)22-9-6-10-23(17-22)28-25(32)21-7-4-3-5-8-21/h6,9-12,17-18,21H,3-5,7-8,13-16,19H2,1-2H3,(H,28,32). The maximum absolute atomic E-state index is 13.1. The van der Waals surface area contributed by atoms with Gasteiger partial charge in [-0.2, -0.15) is 0 Å². The van der Waals surface area contributed by atoms with Gasteiger partial charge in [0.15, 0.2) is 0 Å². The van der Waals surface area contributed by atoms with Gasteiger partial charge in [-0.05, 0) is 56.8 Å². The molecule has 2 heterocycles. The topological polar surface area (TPSA) is 68.8 Å². The molecule has 1 N–H and O–H groups in total. The number of carbonyl (C=O) groups is 2. The maximum Gasteiger partial charge on any atom is 0.254 e. The van der Waals surface area contributed by atoms with Crippen molar-refractivity contribution in [3.05, 3.63) is 53.7 Å². The third-order valence-corrected chi connectivity index (χ3v) is 6.55. The number of hydrogen-bond donors (Lipinski definition) is 1. The van der Waals surface area contributed by atoms with Crippen molar-refractivity contribution in [3.63, 3.8) is 0 Å². The average Bonchev–Trinajstić information content (AvgIpc) is 2.84. The van der Waals surface area contributed by atoms with E-state index >= 15 is 0 Å². The maximum atomic E-state index is 13.1. The van der Waals surface area contributed by atoms with Gasteiger partial charge in [-0.15, -0.1) is 0 Å². The van der Waals surface area contributed by atoms with Gasteiger partial charge in [0.1, 0.15) is 5.82 Å². The van der Waals surface area contributed by atoms with Crippen molar-refractivity contribution in [2.75, 3.05) is 50.5 Å². The van der Waals surface area contributed by atoms with E-state index in [0.29, 0.717) is 24.3 Å². The molecule has 7 heteroatoms. The van der Waals surface area contributed by atoms with Gasteiger partial charge in [0, 0.05) is 56.1 Å². The summed E-state index contributed by atoms with van der Waals surface area (Å²) in [4.78, 5) is 36.5. The molecule has 33 heavy (non-hydrogen) atoms. The van der Waals surface area contributed by atoms with Crippen molar-refractivity contribution in [1.29, 1.82) is 0 Å². The highest BCUT2D eigenvalue weighted by atomic mass is 16.2. The minimum Gasteiger partial charge on any atom is -0.353 e. The highest BCUT2D eigenvalue weighted by molar-refractivity contribution is 5.97. The van der Waals surface area contributed by atoms with Crippen LogP contribution in [0.2, 0.25) is 0 Å². The van der Waals surface area contributed by atoms with Crippen LogP contribution in [0.25, 0.3) is 0 Å². The van der Waals surface area contributed by atoms with Crippen molar-refractivity contribution in [3.8, 4) is 0 Å². The number of hydrogen-bond acceptors (Lipinski definition) is 5. The molecule has 0 atom stereocenters. The third-order valence-electron chi connectivity index (χ3n) is 6.55. The number of amides is 2. The SMILES string of the molecule is CN(C)Cc1ccc(N2CCN(C(=O)c3cccc(NC(=O)C4CCCCC4)c3)CC2)nc1. The van der Waals surface area contributed by atoms with Gasteiger partial charge >= 0.3 is 0 Å². The number of carbonyl (C=O) groups excluding carboxylic acids is 2. The van der Waals surface area contributed by atoms with E-state index in [0.717, 1.165) is 51.1 Å². The van der Waals surface area contributed by atoms with E-state index in [-0.39, 0.29) is 17.7 Å². The molecule has 0 spiro atoms. The average molecular weight is 450 g/mol. The lowest BCUT2D eigenvalue weighted by atomic mass is 9.88. The molecular formula is C26H35N5O2. The molecule has 1 aliphatic heterocycles. The zero-order chi connectivity index (χ0) is 23.2. The van der Waals surface area contributed by atoms with Gasteiger partial charge < -0.3 is 20.0 Å². The summed E-state index contributed by atoms with van der Waals surface area (Å²) in [6.45, 7) is 3.68. The van der Waals surface area contributed by atoms with E-state index in [4.69, 9.17) is 0 Å². The second-order valence-corrected chi connectivity index (χ2v) is 9.45. The van der Waals surface area contributed by atoms with Gasteiger partial charge in [0.25, 0.3) is 5.91 Å². The molecule has 2 aromatic rings. The normalized spacial score (nSPS) is 17.3. The molecule has 0 bridgehead atoms. The molecule has 2 amide bonds. The second-order valence-electron chi connectivity index (χ2n) is 9.45. The molecule has 2 aliphatic rings. The zero-order valence-corrected chi connectivity index (χ0v) is 19.8. The zero-order valence-electron chi connectivity index (χ0n) is 19.8. The summed E-state index contributed by atoms with van der Waals surface area (Å²) in [6, 6.07) is 11.5. The smallest absolute Gasteiger partial charge is 0.254 e. The van der Waals surface area contributed by atoms with Crippen molar-refractivity contribution < 1.29 is 9.59 Å². The number of rotatable bonds is 6. The lowest BCUT2D eigenvalue weighted by Gasteiger charge is -2.35. The highest BCUT2D eigenvalue weighted by Gasteiger charge is 2.24. The van der Waals surface area contributed by atoms with Gasteiger partial charge in [-0.3, -0.25) is 9.59 Å². The number of nitrogens with one attached hydrogen (secondary N) is 1. The number of piperazine rings is 1. The van der Waals surface area contributed by atoms with Crippen LogP contribution >= 0.6 is 0 Å². The number of anilines is 2. The van der Waals surface area contributed by atoms with E-state index in [1.807, 2.05) is 43.4 Å². The Bertz CT molecular complexity index is 945. The van der Waals surface area contributed by atoms with Crippen LogP contribution < -0.4 is 10.2 Å². The van der Waals surface area contributed by atoms with Gasteiger partial charge in [0.2, 0.25) is 5.91 Å². The Morgan fingerprint density at radius 2 is 1.79 bits per heavy atom. The van der Waals surface area contributed by atoms with Gasteiger partial charge in [-0.25, -0.2) is 4.98 Å². The molecule has 2 fully saturated rings. The van der Waals surface area contributed by atoms with E-state index in [1.54, 1.807) is 6.07 Å². The summed E-state index contributed by atoms with van der Waals surface area (Å²) in [6.07, 6.45) is 7.32. The first-order valence-corrected chi connectivity index (χ1v) is 12.0. The minimum absolute atomic E-state index is 0.0118. The molecule has 1 saturated heterocycles. The number of nitrogens with zero attached hydrogens (tertiary/aromatic N) is 4. The summed E-state index contributed by atoms with van der Waals surface area (Å²) in [5, 5.41) is 3.03. The number of benzene rings is 1. The summed E-state index contributed by atoms with van der Waals surface area (Å²) >= 11 is 0. The predicted octanol–water partition coefficient (Wildman–Crippen LogP) is 3.62. The van der Waals surface area contributed by atoms with Crippen molar-refractivity contribution >= 4 is 23.3 Å². The Morgan fingerprint density at radius 3 is 2.45 bits per heavy atom. The molecule has 7 nitrogen and oxygen atoms in total. The van der Waals surface area contributed by atoms with Crippen molar-refractivity contribution in [2.24, 2.45) is 5.92 Å². The Labute approximate surface area is 196 Å². The Morgan fingerprint density at radius 1 is 1.03 bits per heavy atom. The summed E-state index contributed by atoms with van der Waals surface area (Å²) in [7, 11) is 4.09. The first-order chi connectivity index (χ1) is 16.0. The van der Waals surface area contributed by atoms with Crippen LogP contribution in [0.1, 0.15) is 48.0 Å². The van der Waals surface area contributed by atoms with Crippen molar-refractivity contribution in [1.82, 2.24) is 14.8 Å². The van der Waals surface area contributed by atoms with E-state index in [2.05, 4.69) is 32.2 Å². The minimum atomic E-state index is 0.0118. The summed E-state index contributed by atoms with van der Waals surface area (Å²) < 4.78 is 0. The molecule has 0 radical (unpaired) electrons. The fourth-order valence-electron chi connectivity index (χ4n) is 4.72. The highest BCUT2D eigenvalue weighted by Crippen LogP contribution is 2.25. The first kappa shape index (κ1) is 23.2. The van der Waals surface area contributed by atoms with E-state index in [1.165, 1.54) is 12.0 Å². The fraction of sp³-hybridized carbons (Fsp3) is 0.500. The third kappa shape index (κ3) is 6.11. The van der Waals surface area contributed by atoms with Gasteiger partial charge in [0.05, 0.1) is 0 Å². The molecule has 1 saturated carbocycles. The molecule has 1 aromatic carbocycles. The molecular weight excluding hydrogens is 414 g/mol. The predicted molar refractivity (Wildman–Crippen MR) is 131 cm³/mol. The van der Waals surface area contributed by atoms with Crippen LogP contribution in [0.5, 0.6) is 0 Å². The second kappa shape index (κ2) is 10.8. The van der Waals surface area contributed by atoms with Crippen LogP contribution in [0.4, 0.5) is 11.5 Å². The van der Waals surface area contributed by atoms with Crippen LogP contribution in [-0.4, -0.2) is 66.9 Å². The molecule has 1 aromatic heterocycles. The van der Waals surface area contributed by atoms with Crippen LogP contribution in [0, 0.1) is 5.92 Å². The summed E-state index contributed by atoms with van der Waals surface area (Å²) in [5.41, 5.74) is 2.51. The number of aromatic nitrogens is 1. The molecule has 176 valence electrons. The monoisotopic (exact) mass is 449 g/mol. The lowest BCUT2D eigenvalue weighted by Crippen LogP contribution is -2.49. The van der Waals surface area contributed by atoms with E-state index in [9.17, 15) is 9.59 Å². The lowest BCUT2D eigenvalue weighted by molar-refractivity contribution is -0.120. The Balaban J connectivity index is 1.32. The summed E-state index contributed by atoms with van der Waals surface area (Å²) in [5.74, 6) is 1.14. The van der Waals surface area contributed by atoms with Crippen molar-refractivity contribution in [2.45, 2.75) is 38.6 Å². The molecule has 4 rings (SSSR count). The quantitative estimate of drug-likeness (QED) is 0.730. The molecule has 1 aliphatic carbocycles.